The number of hydrogen-bond donors (Lipinski definition) is 2. The first-order valence-electron chi connectivity index (χ1n) is 6.45. The number of rotatable bonds is 7. The number of nitrogens with one attached hydrogen (secondary N) is 1. The molecule has 0 aromatic carbocycles. The van der Waals surface area contributed by atoms with Gasteiger partial charge in [0.2, 0.25) is 5.91 Å². The zero-order valence-electron chi connectivity index (χ0n) is 10.9. The number of likely N-dealkylation sites (N-methyl/N-ethyl adjacent to an activating group) is 1. The van der Waals surface area contributed by atoms with Crippen LogP contribution in [0.25, 0.3) is 0 Å². The van der Waals surface area contributed by atoms with Crippen LogP contribution in [0.1, 0.15) is 26.2 Å². The summed E-state index contributed by atoms with van der Waals surface area (Å²) in [6.45, 7) is 5.79. The smallest absolute Gasteiger partial charge is 0.234 e. The maximum absolute atomic E-state index is 11.2. The summed E-state index contributed by atoms with van der Waals surface area (Å²) in [7, 11) is 1.77. The molecule has 3 N–H and O–H groups in total. The molecule has 0 aromatic heterocycles. The van der Waals surface area contributed by atoms with Gasteiger partial charge in [-0.2, -0.15) is 0 Å². The molecule has 5 nitrogen and oxygen atoms in total. The lowest BCUT2D eigenvalue weighted by Gasteiger charge is -2.31. The van der Waals surface area contributed by atoms with Crippen LogP contribution in [-0.4, -0.2) is 56.2 Å². The summed E-state index contributed by atoms with van der Waals surface area (Å²) in [6, 6.07) is -0.194. The van der Waals surface area contributed by atoms with Crippen LogP contribution in [0.4, 0.5) is 0 Å². The van der Waals surface area contributed by atoms with E-state index in [2.05, 4.69) is 10.2 Å². The Hall–Kier alpha value is -0.650. The Morgan fingerprint density at radius 2 is 2.18 bits per heavy atom. The monoisotopic (exact) mass is 243 g/mol. The van der Waals surface area contributed by atoms with Gasteiger partial charge in [-0.05, 0) is 25.8 Å². The predicted octanol–water partition coefficient (Wildman–Crippen LogP) is -0.0493. The number of piperidine rings is 1. The Labute approximate surface area is 104 Å². The third-order valence-electron chi connectivity index (χ3n) is 3.40. The second kappa shape index (κ2) is 7.63. The minimum absolute atomic E-state index is 0.194. The standard InChI is InChI=1S/C12H25N3O2/c1-3-14-11(12(13)16)6-9-15-7-4-10(17-2)5-8-15/h10-11,14H,3-9H2,1-2H3,(H2,13,16). The van der Waals surface area contributed by atoms with E-state index < -0.39 is 0 Å². The molecule has 5 heteroatoms. The lowest BCUT2D eigenvalue weighted by molar-refractivity contribution is -0.120. The average molecular weight is 243 g/mol. The van der Waals surface area contributed by atoms with E-state index in [1.54, 1.807) is 7.11 Å². The van der Waals surface area contributed by atoms with Gasteiger partial charge < -0.3 is 20.7 Å². The molecule has 1 aliphatic rings. The van der Waals surface area contributed by atoms with Crippen molar-refractivity contribution in [1.29, 1.82) is 0 Å². The zero-order chi connectivity index (χ0) is 12.7. The van der Waals surface area contributed by atoms with Crippen molar-refractivity contribution in [2.45, 2.75) is 38.3 Å². The van der Waals surface area contributed by atoms with E-state index in [9.17, 15) is 4.79 Å². The highest BCUT2D eigenvalue weighted by Gasteiger charge is 2.20. The molecule has 0 aromatic rings. The molecule has 0 aliphatic carbocycles. The molecule has 100 valence electrons. The third kappa shape index (κ3) is 5.02. The van der Waals surface area contributed by atoms with Crippen molar-refractivity contribution in [2.24, 2.45) is 5.73 Å². The van der Waals surface area contributed by atoms with Gasteiger partial charge in [-0.1, -0.05) is 6.92 Å². The molecular weight excluding hydrogens is 218 g/mol. The van der Waals surface area contributed by atoms with Gasteiger partial charge in [-0.25, -0.2) is 0 Å². The van der Waals surface area contributed by atoms with Gasteiger partial charge in [0.15, 0.2) is 0 Å². The number of likely N-dealkylation sites (tertiary alicyclic amines) is 1. The van der Waals surface area contributed by atoms with Crippen LogP contribution < -0.4 is 11.1 Å². The second-order valence-electron chi connectivity index (χ2n) is 4.58. The number of hydrogen-bond acceptors (Lipinski definition) is 4. The molecule has 1 atom stereocenters. The molecule has 0 spiro atoms. The number of amides is 1. The maximum atomic E-state index is 11.2. The highest BCUT2D eigenvalue weighted by Crippen LogP contribution is 2.13. The van der Waals surface area contributed by atoms with Gasteiger partial charge >= 0.3 is 0 Å². The largest absolute Gasteiger partial charge is 0.381 e. The van der Waals surface area contributed by atoms with E-state index in [0.717, 1.165) is 45.4 Å². The fraction of sp³-hybridized carbons (Fsp3) is 0.917. The van der Waals surface area contributed by atoms with Gasteiger partial charge in [0, 0.05) is 26.7 Å². The molecule has 1 aliphatic heterocycles. The molecule has 1 amide bonds. The molecule has 1 rings (SSSR count). The molecule has 0 saturated carbocycles. The normalized spacial score (nSPS) is 20.4. The van der Waals surface area contributed by atoms with E-state index in [1.807, 2.05) is 6.92 Å². The van der Waals surface area contributed by atoms with Crippen molar-refractivity contribution < 1.29 is 9.53 Å². The second-order valence-corrected chi connectivity index (χ2v) is 4.58. The first-order chi connectivity index (χ1) is 8.17. The summed E-state index contributed by atoms with van der Waals surface area (Å²) >= 11 is 0. The molecule has 1 unspecified atom stereocenters. The van der Waals surface area contributed by atoms with Gasteiger partial charge in [0.1, 0.15) is 0 Å². The lowest BCUT2D eigenvalue weighted by atomic mass is 10.1. The topological polar surface area (TPSA) is 67.6 Å². The average Bonchev–Trinajstić information content (AvgIpc) is 2.34. The fourth-order valence-corrected chi connectivity index (χ4v) is 2.27. The summed E-state index contributed by atoms with van der Waals surface area (Å²) in [5.41, 5.74) is 5.34. The predicted molar refractivity (Wildman–Crippen MR) is 67.7 cm³/mol. The van der Waals surface area contributed by atoms with Crippen LogP contribution in [0.2, 0.25) is 0 Å². The van der Waals surface area contributed by atoms with Gasteiger partial charge in [-0.3, -0.25) is 4.79 Å². The number of ether oxygens (including phenoxy) is 1. The van der Waals surface area contributed by atoms with Crippen molar-refractivity contribution in [2.75, 3.05) is 33.3 Å². The molecule has 0 radical (unpaired) electrons. The summed E-state index contributed by atoms with van der Waals surface area (Å²) < 4.78 is 5.33. The molecule has 17 heavy (non-hydrogen) atoms. The molecule has 1 heterocycles. The number of primary amides is 1. The van der Waals surface area contributed by atoms with Crippen molar-refractivity contribution in [3.63, 3.8) is 0 Å². The number of methoxy groups -OCH3 is 1. The van der Waals surface area contributed by atoms with Crippen molar-refractivity contribution in [3.05, 3.63) is 0 Å². The molecule has 1 fully saturated rings. The Kier molecular flexibility index (Phi) is 6.47. The third-order valence-corrected chi connectivity index (χ3v) is 3.40. The fourth-order valence-electron chi connectivity index (χ4n) is 2.27. The highest BCUT2D eigenvalue weighted by molar-refractivity contribution is 5.79. The van der Waals surface area contributed by atoms with Crippen LogP contribution in [0, 0.1) is 0 Å². The Balaban J connectivity index is 2.23. The van der Waals surface area contributed by atoms with Gasteiger partial charge in [-0.15, -0.1) is 0 Å². The van der Waals surface area contributed by atoms with Gasteiger partial charge in [0.05, 0.1) is 12.1 Å². The van der Waals surface area contributed by atoms with Crippen LogP contribution in [0.5, 0.6) is 0 Å². The summed E-state index contributed by atoms with van der Waals surface area (Å²) in [5.74, 6) is -0.251. The van der Waals surface area contributed by atoms with Crippen molar-refractivity contribution in [3.8, 4) is 0 Å². The Morgan fingerprint density at radius 3 is 2.65 bits per heavy atom. The van der Waals surface area contributed by atoms with Gasteiger partial charge in [0.25, 0.3) is 0 Å². The molecular formula is C12H25N3O2. The molecule has 0 bridgehead atoms. The lowest BCUT2D eigenvalue weighted by Crippen LogP contribution is -2.45. The number of nitrogens with two attached hydrogens (primary N) is 1. The Morgan fingerprint density at radius 1 is 1.53 bits per heavy atom. The van der Waals surface area contributed by atoms with E-state index >= 15 is 0 Å². The van der Waals surface area contributed by atoms with Crippen LogP contribution in [0.15, 0.2) is 0 Å². The van der Waals surface area contributed by atoms with E-state index in [4.69, 9.17) is 10.5 Å². The highest BCUT2D eigenvalue weighted by atomic mass is 16.5. The SMILES string of the molecule is CCNC(CCN1CCC(OC)CC1)C(N)=O. The minimum Gasteiger partial charge on any atom is -0.381 e. The van der Waals surface area contributed by atoms with Crippen LogP contribution in [0.3, 0.4) is 0 Å². The number of carbonyl (C=O) groups excluding carboxylic acids is 1. The molecule has 1 saturated heterocycles. The number of carbonyl (C=O) groups is 1. The zero-order valence-corrected chi connectivity index (χ0v) is 10.9. The van der Waals surface area contributed by atoms with Crippen LogP contribution >= 0.6 is 0 Å². The summed E-state index contributed by atoms with van der Waals surface area (Å²) in [5, 5.41) is 3.12. The van der Waals surface area contributed by atoms with E-state index in [-0.39, 0.29) is 11.9 Å². The maximum Gasteiger partial charge on any atom is 0.234 e. The van der Waals surface area contributed by atoms with Crippen LogP contribution in [-0.2, 0) is 9.53 Å². The van der Waals surface area contributed by atoms with E-state index in [0.29, 0.717) is 6.10 Å². The van der Waals surface area contributed by atoms with E-state index in [1.165, 1.54) is 0 Å². The first kappa shape index (κ1) is 14.4. The first-order valence-corrected chi connectivity index (χ1v) is 6.45. The summed E-state index contributed by atoms with van der Waals surface area (Å²) in [6.07, 6.45) is 3.37. The van der Waals surface area contributed by atoms with Crippen molar-refractivity contribution in [1.82, 2.24) is 10.2 Å². The number of nitrogens with zero attached hydrogens (tertiary/aromatic N) is 1. The summed E-state index contributed by atoms with van der Waals surface area (Å²) in [4.78, 5) is 13.6. The Bertz CT molecular complexity index is 228. The quantitative estimate of drug-likeness (QED) is 0.658. The minimum atomic E-state index is -0.251. The van der Waals surface area contributed by atoms with Crippen molar-refractivity contribution >= 4 is 5.91 Å².